The highest BCUT2D eigenvalue weighted by Crippen LogP contribution is 2.26. The van der Waals surface area contributed by atoms with Crippen LogP contribution >= 0.6 is 0 Å². The van der Waals surface area contributed by atoms with Crippen molar-refractivity contribution in [2.45, 2.75) is 25.7 Å². The van der Waals surface area contributed by atoms with Crippen LogP contribution in [-0.2, 0) is 0 Å². The molecule has 0 bridgehead atoms. The molecule has 3 heterocycles. The molecule has 2 aromatic rings. The molecule has 0 spiro atoms. The number of imidazole rings is 1. The van der Waals surface area contributed by atoms with E-state index in [2.05, 4.69) is 16.8 Å². The minimum atomic E-state index is -0.898. The lowest BCUT2D eigenvalue weighted by atomic mass is 9.97. The molecule has 0 amide bonds. The van der Waals surface area contributed by atoms with Crippen molar-refractivity contribution in [3.63, 3.8) is 0 Å². The molecule has 3 rings (SSSR count). The van der Waals surface area contributed by atoms with Crippen molar-refractivity contribution >= 4 is 11.5 Å². The summed E-state index contributed by atoms with van der Waals surface area (Å²) in [5.74, 6) is 0.585. The van der Waals surface area contributed by atoms with E-state index in [-0.39, 0.29) is 0 Å². The number of carboxylic acid groups (broad SMARTS) is 1. The summed E-state index contributed by atoms with van der Waals surface area (Å²) in [5, 5.41) is 9.03. The second-order valence-electron chi connectivity index (χ2n) is 5.36. The fourth-order valence-electron chi connectivity index (χ4n) is 3.01. The van der Waals surface area contributed by atoms with Gasteiger partial charge in [0, 0.05) is 18.7 Å². The summed E-state index contributed by atoms with van der Waals surface area (Å²) in [7, 11) is 0. The van der Waals surface area contributed by atoms with Crippen LogP contribution in [0, 0.1) is 0 Å². The number of fused-ring (bicyclic) bond motifs is 1. The number of nitrogens with zero attached hydrogens (tertiary/aromatic N) is 3. The Morgan fingerprint density at radius 1 is 1.55 bits per heavy atom. The molecular weight excluding hydrogens is 254 g/mol. The maximum Gasteiger partial charge on any atom is 0.335 e. The smallest absolute Gasteiger partial charge is 0.335 e. The van der Waals surface area contributed by atoms with Crippen molar-refractivity contribution in [2.75, 3.05) is 19.6 Å². The highest BCUT2D eigenvalue weighted by molar-refractivity contribution is 5.88. The fourth-order valence-corrected chi connectivity index (χ4v) is 3.01. The van der Waals surface area contributed by atoms with Crippen LogP contribution < -0.4 is 0 Å². The summed E-state index contributed by atoms with van der Waals surface area (Å²) in [6, 6.07) is 3.32. The average Bonchev–Trinajstić information content (AvgIpc) is 2.90. The lowest BCUT2D eigenvalue weighted by Crippen LogP contribution is -2.34. The Bertz CT molecular complexity index is 635. The predicted molar refractivity (Wildman–Crippen MR) is 76.2 cm³/mol. The van der Waals surface area contributed by atoms with Crippen LogP contribution in [0.5, 0.6) is 0 Å². The first-order valence-corrected chi connectivity index (χ1v) is 7.11. The monoisotopic (exact) mass is 273 g/mol. The van der Waals surface area contributed by atoms with Crippen LogP contribution in [0.1, 0.15) is 41.9 Å². The first kappa shape index (κ1) is 13.1. The number of hydrogen-bond acceptors (Lipinski definition) is 3. The topological polar surface area (TPSA) is 57.8 Å². The number of piperidine rings is 1. The maximum absolute atomic E-state index is 11.0. The quantitative estimate of drug-likeness (QED) is 0.931. The van der Waals surface area contributed by atoms with E-state index in [0.717, 1.165) is 30.9 Å². The number of aromatic carboxylic acids is 1. The molecule has 1 aliphatic rings. The standard InChI is InChI=1S/C15H19N3O2/c1-2-17-6-3-4-12(10-17)14-16-9-13-8-11(15(19)20)5-7-18(13)14/h5,7-9,12H,2-4,6,10H2,1H3,(H,19,20). The largest absolute Gasteiger partial charge is 0.478 e. The zero-order valence-electron chi connectivity index (χ0n) is 11.6. The number of likely N-dealkylation sites (N-methyl/N-ethyl adjacent to an activating group) is 1. The molecule has 1 fully saturated rings. The van der Waals surface area contributed by atoms with Gasteiger partial charge < -0.3 is 14.4 Å². The molecule has 5 nitrogen and oxygen atoms in total. The van der Waals surface area contributed by atoms with Gasteiger partial charge in [0.1, 0.15) is 5.82 Å². The van der Waals surface area contributed by atoms with Crippen molar-refractivity contribution < 1.29 is 9.90 Å². The predicted octanol–water partition coefficient (Wildman–Crippen LogP) is 2.23. The van der Waals surface area contributed by atoms with E-state index in [0.29, 0.717) is 11.5 Å². The SMILES string of the molecule is CCN1CCCC(c2ncc3cc(C(=O)O)ccn23)C1. The van der Waals surface area contributed by atoms with Crippen LogP contribution in [0.4, 0.5) is 0 Å². The molecule has 5 heteroatoms. The lowest BCUT2D eigenvalue weighted by Gasteiger charge is -2.31. The van der Waals surface area contributed by atoms with E-state index < -0.39 is 5.97 Å². The van der Waals surface area contributed by atoms with E-state index >= 15 is 0 Å². The Morgan fingerprint density at radius 3 is 3.15 bits per heavy atom. The second kappa shape index (κ2) is 5.25. The third-order valence-corrected chi connectivity index (χ3v) is 4.13. The van der Waals surface area contributed by atoms with Gasteiger partial charge >= 0.3 is 5.97 Å². The number of hydrogen-bond donors (Lipinski definition) is 1. The molecule has 1 saturated heterocycles. The number of pyridine rings is 1. The molecule has 0 aliphatic carbocycles. The minimum absolute atomic E-state index is 0.308. The number of carbonyl (C=O) groups is 1. The van der Waals surface area contributed by atoms with Crippen LogP contribution in [-0.4, -0.2) is 45.0 Å². The molecular formula is C15H19N3O2. The van der Waals surface area contributed by atoms with Gasteiger partial charge in [-0.15, -0.1) is 0 Å². The Labute approximate surface area is 117 Å². The lowest BCUT2D eigenvalue weighted by molar-refractivity contribution is 0.0697. The molecule has 106 valence electrons. The summed E-state index contributed by atoms with van der Waals surface area (Å²) < 4.78 is 2.02. The van der Waals surface area contributed by atoms with Gasteiger partial charge in [0.2, 0.25) is 0 Å². The number of carboxylic acids is 1. The molecule has 2 aromatic heterocycles. The highest BCUT2D eigenvalue weighted by Gasteiger charge is 2.23. The van der Waals surface area contributed by atoms with Gasteiger partial charge in [-0.05, 0) is 38.1 Å². The number of rotatable bonds is 3. The van der Waals surface area contributed by atoms with Crippen LogP contribution in [0.3, 0.4) is 0 Å². The molecule has 1 unspecified atom stereocenters. The molecule has 1 aliphatic heterocycles. The third-order valence-electron chi connectivity index (χ3n) is 4.13. The zero-order valence-corrected chi connectivity index (χ0v) is 11.6. The van der Waals surface area contributed by atoms with E-state index in [9.17, 15) is 4.79 Å². The Morgan fingerprint density at radius 2 is 2.40 bits per heavy atom. The molecule has 0 saturated carbocycles. The van der Waals surface area contributed by atoms with Crippen molar-refractivity contribution in [1.82, 2.24) is 14.3 Å². The molecule has 1 atom stereocenters. The van der Waals surface area contributed by atoms with Gasteiger partial charge in [-0.25, -0.2) is 9.78 Å². The summed E-state index contributed by atoms with van der Waals surface area (Å²) in [4.78, 5) is 18.0. The molecule has 1 N–H and O–H groups in total. The Hall–Kier alpha value is -1.88. The Kier molecular flexibility index (Phi) is 3.44. The zero-order chi connectivity index (χ0) is 14.1. The van der Waals surface area contributed by atoms with Gasteiger partial charge in [0.15, 0.2) is 0 Å². The second-order valence-corrected chi connectivity index (χ2v) is 5.36. The fraction of sp³-hybridized carbons (Fsp3) is 0.467. The van der Waals surface area contributed by atoms with E-state index in [4.69, 9.17) is 5.11 Å². The van der Waals surface area contributed by atoms with Gasteiger partial charge in [0.05, 0.1) is 17.3 Å². The molecule has 20 heavy (non-hydrogen) atoms. The van der Waals surface area contributed by atoms with Gasteiger partial charge in [-0.1, -0.05) is 6.92 Å². The van der Waals surface area contributed by atoms with Gasteiger partial charge in [0.25, 0.3) is 0 Å². The molecule has 0 radical (unpaired) electrons. The first-order chi connectivity index (χ1) is 9.69. The highest BCUT2D eigenvalue weighted by atomic mass is 16.4. The van der Waals surface area contributed by atoms with Crippen molar-refractivity contribution in [1.29, 1.82) is 0 Å². The van der Waals surface area contributed by atoms with Crippen molar-refractivity contribution in [2.24, 2.45) is 0 Å². The van der Waals surface area contributed by atoms with Crippen LogP contribution in [0.25, 0.3) is 5.52 Å². The molecule has 0 aromatic carbocycles. The maximum atomic E-state index is 11.0. The van der Waals surface area contributed by atoms with Gasteiger partial charge in [-0.2, -0.15) is 0 Å². The van der Waals surface area contributed by atoms with E-state index in [1.54, 1.807) is 18.3 Å². The first-order valence-electron chi connectivity index (χ1n) is 7.11. The number of likely N-dealkylation sites (tertiary alicyclic amines) is 1. The van der Waals surface area contributed by atoms with E-state index in [1.165, 1.54) is 13.0 Å². The summed E-state index contributed by atoms with van der Waals surface area (Å²) in [6.07, 6.45) is 5.94. The average molecular weight is 273 g/mol. The third kappa shape index (κ3) is 2.29. The van der Waals surface area contributed by atoms with Crippen molar-refractivity contribution in [3.05, 3.63) is 35.9 Å². The minimum Gasteiger partial charge on any atom is -0.478 e. The van der Waals surface area contributed by atoms with Crippen molar-refractivity contribution in [3.8, 4) is 0 Å². The Balaban J connectivity index is 1.94. The van der Waals surface area contributed by atoms with E-state index in [1.807, 2.05) is 10.6 Å². The summed E-state index contributed by atoms with van der Waals surface area (Å²) >= 11 is 0. The normalized spacial score (nSPS) is 20.4. The van der Waals surface area contributed by atoms with Crippen LogP contribution in [0.2, 0.25) is 0 Å². The summed E-state index contributed by atoms with van der Waals surface area (Å²) in [6.45, 7) is 5.46. The van der Waals surface area contributed by atoms with Crippen LogP contribution in [0.15, 0.2) is 24.5 Å². The number of aromatic nitrogens is 2. The van der Waals surface area contributed by atoms with Gasteiger partial charge in [-0.3, -0.25) is 0 Å². The summed E-state index contributed by atoms with van der Waals surface area (Å²) in [5.41, 5.74) is 1.16.